The molecule has 0 aromatic carbocycles. The van der Waals surface area contributed by atoms with Crippen molar-refractivity contribution in [3.63, 3.8) is 0 Å². The highest BCUT2D eigenvalue weighted by molar-refractivity contribution is 6.10. The summed E-state index contributed by atoms with van der Waals surface area (Å²) in [4.78, 5) is 11.4. The number of nitrogens with one attached hydrogen (secondary N) is 1. The van der Waals surface area contributed by atoms with Crippen molar-refractivity contribution in [3.8, 4) is 5.88 Å². The average molecular weight is 342 g/mol. The molecule has 0 spiro atoms. The summed E-state index contributed by atoms with van der Waals surface area (Å²) in [5.41, 5.74) is 1.95. The fourth-order valence-electron chi connectivity index (χ4n) is 2.57. The number of nitrogens with zero attached hydrogens (tertiary/aromatic N) is 3. The highest BCUT2D eigenvalue weighted by atomic mass is 19.4. The molecule has 2 aromatic heterocycles. The maximum atomic E-state index is 13.0. The topological polar surface area (TPSA) is 88.2 Å². The van der Waals surface area contributed by atoms with Crippen LogP contribution in [0.4, 0.5) is 13.2 Å². The summed E-state index contributed by atoms with van der Waals surface area (Å²) < 4.78 is 45.0. The molecule has 1 unspecified atom stereocenters. The first kappa shape index (κ1) is 16.2. The van der Waals surface area contributed by atoms with Gasteiger partial charge in [0.05, 0.1) is 24.9 Å². The van der Waals surface area contributed by atoms with E-state index in [1.165, 1.54) is 19.2 Å². The number of pyridine rings is 1. The number of methoxy groups -OCH3 is 1. The van der Waals surface area contributed by atoms with Crippen LogP contribution in [0.5, 0.6) is 5.88 Å². The van der Waals surface area contributed by atoms with Gasteiger partial charge in [0.25, 0.3) is 0 Å². The minimum Gasteiger partial charge on any atom is -0.481 e. The van der Waals surface area contributed by atoms with Crippen LogP contribution in [0.15, 0.2) is 23.3 Å². The molecule has 0 radical (unpaired) electrons. The van der Waals surface area contributed by atoms with Gasteiger partial charge in [0.1, 0.15) is 0 Å². The van der Waals surface area contributed by atoms with E-state index in [1.807, 2.05) is 0 Å². The third-order valence-electron chi connectivity index (χ3n) is 3.70. The number of hydrazone groups is 1. The van der Waals surface area contributed by atoms with Crippen molar-refractivity contribution < 1.29 is 27.8 Å². The number of hydrogen-bond donors (Lipinski definition) is 2. The van der Waals surface area contributed by atoms with Crippen molar-refractivity contribution in [3.05, 3.63) is 29.5 Å². The smallest absolute Gasteiger partial charge is 0.435 e. The van der Waals surface area contributed by atoms with Gasteiger partial charge in [0, 0.05) is 24.0 Å². The third-order valence-corrected chi connectivity index (χ3v) is 3.70. The lowest BCUT2D eigenvalue weighted by Gasteiger charge is -2.21. The molecule has 2 N–H and O–H groups in total. The van der Waals surface area contributed by atoms with Gasteiger partial charge in [-0.15, -0.1) is 0 Å². The Hall–Kier alpha value is -2.62. The predicted octanol–water partition coefficient (Wildman–Crippen LogP) is 1.19. The molecule has 0 saturated heterocycles. The van der Waals surface area contributed by atoms with E-state index in [0.717, 1.165) is 10.6 Å². The normalized spacial score (nSPS) is 18.5. The molecule has 1 aliphatic rings. The van der Waals surface area contributed by atoms with Crippen LogP contribution in [-0.4, -0.2) is 40.1 Å². The van der Waals surface area contributed by atoms with E-state index in [1.54, 1.807) is 0 Å². The maximum Gasteiger partial charge on any atom is 0.435 e. The highest BCUT2D eigenvalue weighted by Crippen LogP contribution is 2.32. The van der Waals surface area contributed by atoms with Crippen LogP contribution in [0.1, 0.15) is 17.7 Å². The molecule has 3 rings (SSSR count). The molecular formula is C14H13F3N4O3. The van der Waals surface area contributed by atoms with Gasteiger partial charge >= 0.3 is 6.18 Å². The van der Waals surface area contributed by atoms with Crippen molar-refractivity contribution in [2.24, 2.45) is 11.0 Å². The Bertz CT molecular complexity index is 829. The summed E-state index contributed by atoms with van der Waals surface area (Å²) in [5.74, 6) is -0.864. The van der Waals surface area contributed by atoms with Gasteiger partial charge in [-0.25, -0.2) is 5.43 Å². The van der Waals surface area contributed by atoms with Crippen LogP contribution in [0.25, 0.3) is 5.52 Å². The predicted molar refractivity (Wildman–Crippen MR) is 76.6 cm³/mol. The summed E-state index contributed by atoms with van der Waals surface area (Å²) in [6.07, 6.45) is -4.62. The van der Waals surface area contributed by atoms with Crippen molar-refractivity contribution in [2.75, 3.05) is 13.7 Å². The van der Waals surface area contributed by atoms with E-state index in [-0.39, 0.29) is 30.3 Å². The summed E-state index contributed by atoms with van der Waals surface area (Å²) >= 11 is 0. The number of amides is 1. The van der Waals surface area contributed by atoms with E-state index in [2.05, 4.69) is 15.6 Å². The lowest BCUT2D eigenvalue weighted by molar-refractivity contribution is -0.141. The lowest BCUT2D eigenvalue weighted by Crippen LogP contribution is -2.35. The van der Waals surface area contributed by atoms with E-state index in [4.69, 9.17) is 4.74 Å². The van der Waals surface area contributed by atoms with Crippen LogP contribution in [0.2, 0.25) is 0 Å². The van der Waals surface area contributed by atoms with Crippen molar-refractivity contribution in [2.45, 2.75) is 12.6 Å². The zero-order valence-electron chi connectivity index (χ0n) is 12.5. The number of carbonyl (C=O) groups is 1. The third kappa shape index (κ3) is 2.68. The molecule has 7 nitrogen and oxygen atoms in total. The standard InChI is InChI=1S/C14H13F3N4O3/c1-24-12-3-2-8(13-7(6-22)4-11(23)18-19-13)9-5-10(14(15,16)17)20-21(9)12/h2-3,5,7,22H,4,6H2,1H3,(H,18,23). The van der Waals surface area contributed by atoms with Crippen molar-refractivity contribution in [1.29, 1.82) is 0 Å². The summed E-state index contributed by atoms with van der Waals surface area (Å²) in [7, 11) is 1.32. The molecule has 0 aliphatic carbocycles. The Morgan fingerprint density at radius 2 is 2.21 bits per heavy atom. The van der Waals surface area contributed by atoms with Crippen LogP contribution in [0, 0.1) is 5.92 Å². The van der Waals surface area contributed by atoms with E-state index in [9.17, 15) is 23.1 Å². The van der Waals surface area contributed by atoms with E-state index in [0.29, 0.717) is 11.3 Å². The highest BCUT2D eigenvalue weighted by Gasteiger charge is 2.35. The second-order valence-corrected chi connectivity index (χ2v) is 5.23. The second-order valence-electron chi connectivity index (χ2n) is 5.23. The van der Waals surface area contributed by atoms with E-state index < -0.39 is 17.8 Å². The van der Waals surface area contributed by atoms with Crippen molar-refractivity contribution >= 4 is 17.1 Å². The average Bonchev–Trinajstić information content (AvgIpc) is 2.99. The Kier molecular flexibility index (Phi) is 3.91. The van der Waals surface area contributed by atoms with Gasteiger partial charge in [0.2, 0.25) is 11.8 Å². The molecule has 0 fully saturated rings. The SMILES string of the molecule is COc1ccc(C2=NNC(=O)CC2CO)c2cc(C(F)(F)F)nn12. The number of carbonyl (C=O) groups excluding carboxylic acids is 1. The number of aliphatic hydroxyl groups is 1. The second kappa shape index (κ2) is 5.78. The fourth-order valence-corrected chi connectivity index (χ4v) is 2.57. The number of rotatable bonds is 3. The number of ether oxygens (including phenoxy) is 1. The zero-order chi connectivity index (χ0) is 17.5. The molecule has 10 heteroatoms. The number of alkyl halides is 3. The molecule has 128 valence electrons. The lowest BCUT2D eigenvalue weighted by atomic mass is 9.93. The van der Waals surface area contributed by atoms with Gasteiger partial charge in [-0.2, -0.15) is 27.9 Å². The van der Waals surface area contributed by atoms with Crippen LogP contribution < -0.4 is 10.2 Å². The summed E-state index contributed by atoms with van der Waals surface area (Å²) in [6.45, 7) is -0.356. The number of aromatic nitrogens is 2. The largest absolute Gasteiger partial charge is 0.481 e. The van der Waals surface area contributed by atoms with Gasteiger partial charge < -0.3 is 9.84 Å². The molecule has 0 saturated carbocycles. The van der Waals surface area contributed by atoms with Crippen molar-refractivity contribution in [1.82, 2.24) is 15.0 Å². The number of halogens is 3. The molecule has 2 aromatic rings. The first-order valence-electron chi connectivity index (χ1n) is 6.96. The van der Waals surface area contributed by atoms with Gasteiger partial charge in [-0.05, 0) is 12.1 Å². The maximum absolute atomic E-state index is 13.0. The zero-order valence-corrected chi connectivity index (χ0v) is 12.5. The molecule has 1 atom stereocenters. The summed E-state index contributed by atoms with van der Waals surface area (Å²) in [6, 6.07) is 3.85. The molecule has 1 amide bonds. The molecular weight excluding hydrogens is 329 g/mol. The van der Waals surface area contributed by atoms with E-state index >= 15 is 0 Å². The van der Waals surface area contributed by atoms with Gasteiger partial charge in [-0.3, -0.25) is 4.79 Å². The van der Waals surface area contributed by atoms with Gasteiger partial charge in [0.15, 0.2) is 5.69 Å². The summed E-state index contributed by atoms with van der Waals surface area (Å²) in [5, 5.41) is 16.9. The fraction of sp³-hybridized carbons (Fsp3) is 0.357. The molecule has 3 heterocycles. The first-order chi connectivity index (χ1) is 11.3. The monoisotopic (exact) mass is 342 g/mol. The number of hydrogen-bond acceptors (Lipinski definition) is 5. The number of fused-ring (bicyclic) bond motifs is 1. The molecule has 0 bridgehead atoms. The Morgan fingerprint density at radius 1 is 1.46 bits per heavy atom. The molecule has 1 aliphatic heterocycles. The quantitative estimate of drug-likeness (QED) is 0.877. The Labute approximate surface area is 133 Å². The minimum absolute atomic E-state index is 0.00616. The number of aliphatic hydroxyl groups excluding tert-OH is 1. The Morgan fingerprint density at radius 3 is 2.83 bits per heavy atom. The van der Waals surface area contributed by atoms with Gasteiger partial charge in [-0.1, -0.05) is 0 Å². The van der Waals surface area contributed by atoms with Crippen LogP contribution in [-0.2, 0) is 11.0 Å². The minimum atomic E-state index is -4.62. The Balaban J connectivity index is 2.22. The first-order valence-corrected chi connectivity index (χ1v) is 6.96. The molecule has 24 heavy (non-hydrogen) atoms. The van der Waals surface area contributed by atoms with Crippen LogP contribution >= 0.6 is 0 Å². The van der Waals surface area contributed by atoms with Crippen LogP contribution in [0.3, 0.4) is 0 Å².